The van der Waals surface area contributed by atoms with Crippen molar-refractivity contribution < 1.29 is 18.7 Å². The van der Waals surface area contributed by atoms with Gasteiger partial charge in [-0.25, -0.2) is 8.78 Å². The number of halogens is 2. The van der Waals surface area contributed by atoms with Crippen molar-refractivity contribution in [3.8, 4) is 0 Å². The summed E-state index contributed by atoms with van der Waals surface area (Å²) >= 11 is 0. The predicted molar refractivity (Wildman–Crippen MR) is 61.3 cm³/mol. The molecule has 4 heteroatoms. The second-order valence-electron chi connectivity index (χ2n) is 3.98. The molecule has 0 spiro atoms. The fraction of sp³-hybridized carbons (Fsp3) is 0.462. The first-order valence-electron chi connectivity index (χ1n) is 5.63. The number of carbonyl (C=O) groups is 1. The summed E-state index contributed by atoms with van der Waals surface area (Å²) in [5.41, 5.74) is 0.322. The molecule has 1 N–H and O–H groups in total. The number of carboxylic acids is 1. The van der Waals surface area contributed by atoms with E-state index in [0.717, 1.165) is 0 Å². The fourth-order valence-corrected chi connectivity index (χ4v) is 1.74. The third kappa shape index (κ3) is 3.02. The van der Waals surface area contributed by atoms with Crippen molar-refractivity contribution >= 4 is 5.97 Å². The lowest BCUT2D eigenvalue weighted by molar-refractivity contribution is -0.138. The number of benzene rings is 1. The zero-order chi connectivity index (χ0) is 13.1. The summed E-state index contributed by atoms with van der Waals surface area (Å²) in [6.07, 6.45) is 0.0940. The maximum Gasteiger partial charge on any atom is 0.310 e. The topological polar surface area (TPSA) is 37.3 Å². The van der Waals surface area contributed by atoms with E-state index in [-0.39, 0.29) is 12.0 Å². The van der Waals surface area contributed by atoms with Crippen LogP contribution in [0.5, 0.6) is 0 Å². The van der Waals surface area contributed by atoms with Crippen molar-refractivity contribution in [2.45, 2.75) is 38.5 Å². The quantitative estimate of drug-likeness (QED) is 0.853. The van der Waals surface area contributed by atoms with E-state index >= 15 is 0 Å². The molecule has 94 valence electrons. The van der Waals surface area contributed by atoms with Gasteiger partial charge in [0, 0.05) is 12.0 Å². The number of hydrogen-bond donors (Lipinski definition) is 1. The normalized spacial score (nSPS) is 13.4. The Kier molecular flexibility index (Phi) is 4.21. The van der Waals surface area contributed by atoms with Crippen molar-refractivity contribution in [1.82, 2.24) is 0 Å². The Morgan fingerprint density at radius 1 is 1.41 bits per heavy atom. The van der Waals surface area contributed by atoms with Crippen LogP contribution in [0.2, 0.25) is 0 Å². The van der Waals surface area contributed by atoms with Crippen LogP contribution < -0.4 is 0 Å². The molecule has 1 aromatic rings. The summed E-state index contributed by atoms with van der Waals surface area (Å²) in [4.78, 5) is 11.0. The highest BCUT2D eigenvalue weighted by atomic mass is 19.3. The zero-order valence-electron chi connectivity index (χ0n) is 9.91. The lowest BCUT2D eigenvalue weighted by Crippen LogP contribution is -2.14. The minimum absolute atomic E-state index is 0.114. The van der Waals surface area contributed by atoms with Crippen LogP contribution in [0.4, 0.5) is 8.78 Å². The molecule has 1 rings (SSSR count). The number of aliphatic carboxylic acids is 1. The summed E-state index contributed by atoms with van der Waals surface area (Å²) in [6.45, 7) is 3.13. The molecule has 2 nitrogen and oxygen atoms in total. The molecule has 0 saturated carbocycles. The molecule has 0 aromatic heterocycles. The van der Waals surface area contributed by atoms with Gasteiger partial charge in [-0.3, -0.25) is 4.79 Å². The minimum Gasteiger partial charge on any atom is -0.481 e. The van der Waals surface area contributed by atoms with Crippen LogP contribution in [0.3, 0.4) is 0 Å². The average molecular weight is 242 g/mol. The second-order valence-corrected chi connectivity index (χ2v) is 3.98. The molecular weight excluding hydrogens is 226 g/mol. The summed E-state index contributed by atoms with van der Waals surface area (Å²) < 4.78 is 27.0. The first-order valence-corrected chi connectivity index (χ1v) is 5.63. The summed E-state index contributed by atoms with van der Waals surface area (Å²) in [5.74, 6) is -4.60. The van der Waals surface area contributed by atoms with E-state index in [0.29, 0.717) is 12.0 Å². The van der Waals surface area contributed by atoms with E-state index in [1.165, 1.54) is 25.1 Å². The number of rotatable bonds is 5. The molecule has 0 aliphatic rings. The molecule has 1 unspecified atom stereocenters. The summed E-state index contributed by atoms with van der Waals surface area (Å²) in [6, 6.07) is 5.70. The van der Waals surface area contributed by atoms with Crippen molar-refractivity contribution in [3.63, 3.8) is 0 Å². The highest BCUT2D eigenvalue weighted by Crippen LogP contribution is 2.33. The lowest BCUT2D eigenvalue weighted by atomic mass is 9.93. The molecule has 0 saturated heterocycles. The van der Waals surface area contributed by atoms with Gasteiger partial charge in [-0.05, 0) is 18.1 Å². The molecule has 17 heavy (non-hydrogen) atoms. The van der Waals surface area contributed by atoms with Gasteiger partial charge < -0.3 is 5.11 Å². The number of carboxylic acid groups (broad SMARTS) is 1. The van der Waals surface area contributed by atoms with Crippen LogP contribution >= 0.6 is 0 Å². The monoisotopic (exact) mass is 242 g/mol. The zero-order valence-corrected chi connectivity index (χ0v) is 9.91. The van der Waals surface area contributed by atoms with Gasteiger partial charge in [0.15, 0.2) is 0 Å². The maximum absolute atomic E-state index is 13.5. The molecule has 0 aliphatic heterocycles. The Balaban J connectivity index is 3.12. The first-order chi connectivity index (χ1) is 7.92. The van der Waals surface area contributed by atoms with Crippen LogP contribution in [-0.4, -0.2) is 11.1 Å². The van der Waals surface area contributed by atoms with Crippen LogP contribution in [0, 0.1) is 0 Å². The van der Waals surface area contributed by atoms with Gasteiger partial charge in [-0.15, -0.1) is 0 Å². The largest absolute Gasteiger partial charge is 0.481 e. The van der Waals surface area contributed by atoms with Crippen molar-refractivity contribution in [3.05, 3.63) is 35.4 Å². The minimum atomic E-state index is -2.90. The van der Waals surface area contributed by atoms with Gasteiger partial charge in [-0.2, -0.15) is 0 Å². The van der Waals surface area contributed by atoms with E-state index < -0.39 is 17.8 Å². The van der Waals surface area contributed by atoms with E-state index in [2.05, 4.69) is 0 Å². The van der Waals surface area contributed by atoms with Gasteiger partial charge in [0.25, 0.3) is 5.92 Å². The third-order valence-corrected chi connectivity index (χ3v) is 2.86. The molecule has 1 aromatic carbocycles. The first kappa shape index (κ1) is 13.6. The van der Waals surface area contributed by atoms with Gasteiger partial charge in [0.1, 0.15) is 0 Å². The van der Waals surface area contributed by atoms with Crippen molar-refractivity contribution in [2.24, 2.45) is 0 Å². The Labute approximate surface area is 99.3 Å². The average Bonchev–Trinajstić information content (AvgIpc) is 2.30. The Bertz CT molecular complexity index is 402. The number of alkyl halides is 2. The van der Waals surface area contributed by atoms with E-state index in [9.17, 15) is 13.6 Å². The maximum atomic E-state index is 13.5. The Hall–Kier alpha value is -1.45. The molecule has 0 aliphatic carbocycles. The van der Waals surface area contributed by atoms with Crippen LogP contribution in [-0.2, 0) is 10.7 Å². The van der Waals surface area contributed by atoms with Gasteiger partial charge in [-0.1, -0.05) is 32.0 Å². The molecule has 0 bridgehead atoms. The van der Waals surface area contributed by atoms with Crippen LogP contribution in [0.15, 0.2) is 24.3 Å². The third-order valence-electron chi connectivity index (χ3n) is 2.86. The molecule has 1 atom stereocenters. The molecule has 0 fully saturated rings. The van der Waals surface area contributed by atoms with E-state index in [4.69, 9.17) is 5.11 Å². The predicted octanol–water partition coefficient (Wildman–Crippen LogP) is 3.77. The fourth-order valence-electron chi connectivity index (χ4n) is 1.74. The molecular formula is C13H16F2O2. The lowest BCUT2D eigenvalue weighted by Gasteiger charge is -2.17. The highest BCUT2D eigenvalue weighted by Gasteiger charge is 2.30. The number of hydrogen-bond acceptors (Lipinski definition) is 1. The highest BCUT2D eigenvalue weighted by molar-refractivity contribution is 5.76. The molecule has 0 heterocycles. The Morgan fingerprint density at radius 3 is 2.53 bits per heavy atom. The van der Waals surface area contributed by atoms with Crippen molar-refractivity contribution in [2.75, 3.05) is 0 Å². The Morgan fingerprint density at radius 2 is 2.06 bits per heavy atom. The SMILES string of the molecule is CCC(C(=O)O)c1cccc(C(F)(F)CC)c1. The van der Waals surface area contributed by atoms with Gasteiger partial charge in [0.05, 0.1) is 5.92 Å². The molecule has 0 radical (unpaired) electrons. The second kappa shape index (κ2) is 5.25. The van der Waals surface area contributed by atoms with Gasteiger partial charge in [0.2, 0.25) is 0 Å². The van der Waals surface area contributed by atoms with Crippen molar-refractivity contribution in [1.29, 1.82) is 0 Å². The standard InChI is InChI=1S/C13H16F2O2/c1-3-11(12(16)17)9-6-5-7-10(8-9)13(14,15)4-2/h5-8,11H,3-4H2,1-2H3,(H,16,17). The summed E-state index contributed by atoms with van der Waals surface area (Å²) in [7, 11) is 0. The van der Waals surface area contributed by atoms with E-state index in [1.54, 1.807) is 13.0 Å². The summed E-state index contributed by atoms with van der Waals surface area (Å²) in [5, 5.41) is 8.99. The van der Waals surface area contributed by atoms with Gasteiger partial charge >= 0.3 is 5.97 Å². The molecule has 0 amide bonds. The van der Waals surface area contributed by atoms with Crippen LogP contribution in [0.1, 0.15) is 43.7 Å². The van der Waals surface area contributed by atoms with E-state index in [1.807, 2.05) is 0 Å². The van der Waals surface area contributed by atoms with Crippen LogP contribution in [0.25, 0.3) is 0 Å². The smallest absolute Gasteiger partial charge is 0.310 e.